The first-order valence-corrected chi connectivity index (χ1v) is 8.32. The van der Waals surface area contributed by atoms with E-state index in [2.05, 4.69) is 10.3 Å². The minimum absolute atomic E-state index is 0.0258. The van der Waals surface area contributed by atoms with Crippen LogP contribution in [0.15, 0.2) is 65.2 Å². The van der Waals surface area contributed by atoms with E-state index in [4.69, 9.17) is 0 Å². The van der Waals surface area contributed by atoms with Gasteiger partial charge in [0, 0.05) is 16.8 Å². The molecule has 5 heteroatoms. The van der Waals surface area contributed by atoms with Crippen LogP contribution < -0.4 is 5.32 Å². The van der Waals surface area contributed by atoms with Crippen molar-refractivity contribution in [3.8, 4) is 0 Å². The van der Waals surface area contributed by atoms with Crippen LogP contribution in [0.25, 0.3) is 5.76 Å². The normalized spacial score (nSPS) is 15.8. The standard InChI is InChI=1S/C21H20N2O3/c1-21(2,3)23-17-16(20(26)22-13-9-5-4-6-10-13)18(24)14-11-7-8-12-15(14)19(17)25/h4-12,24H,1-3H3,(H,22,26). The molecule has 5 nitrogen and oxygen atoms in total. The molecule has 1 aliphatic rings. The number of aliphatic hydroxyl groups excluding tert-OH is 1. The predicted molar refractivity (Wildman–Crippen MR) is 103 cm³/mol. The van der Waals surface area contributed by atoms with Crippen molar-refractivity contribution in [2.75, 3.05) is 5.32 Å². The van der Waals surface area contributed by atoms with E-state index in [1.165, 1.54) is 0 Å². The van der Waals surface area contributed by atoms with Gasteiger partial charge in [-0.25, -0.2) is 0 Å². The molecule has 0 bridgehead atoms. The molecule has 3 rings (SSSR count). The van der Waals surface area contributed by atoms with Gasteiger partial charge in [0.05, 0.1) is 5.54 Å². The van der Waals surface area contributed by atoms with Crippen LogP contribution in [0.1, 0.15) is 36.7 Å². The number of para-hydroxylation sites is 1. The molecular weight excluding hydrogens is 328 g/mol. The number of carbonyl (C=O) groups is 2. The fraction of sp³-hybridized carbons (Fsp3) is 0.190. The van der Waals surface area contributed by atoms with E-state index < -0.39 is 11.4 Å². The molecule has 26 heavy (non-hydrogen) atoms. The summed E-state index contributed by atoms with van der Waals surface area (Å²) < 4.78 is 0. The van der Waals surface area contributed by atoms with Crippen molar-refractivity contribution in [3.63, 3.8) is 0 Å². The second-order valence-corrected chi connectivity index (χ2v) is 7.05. The molecule has 0 radical (unpaired) electrons. The lowest BCUT2D eigenvalue weighted by atomic mass is 9.86. The third kappa shape index (κ3) is 3.42. The number of nitrogens with one attached hydrogen (secondary N) is 1. The minimum Gasteiger partial charge on any atom is -0.506 e. The molecule has 2 N–H and O–H groups in total. The molecule has 0 heterocycles. The fourth-order valence-corrected chi connectivity index (χ4v) is 2.75. The zero-order chi connectivity index (χ0) is 18.9. The van der Waals surface area contributed by atoms with Crippen LogP contribution in [0.3, 0.4) is 0 Å². The average Bonchev–Trinajstić information content (AvgIpc) is 2.59. The van der Waals surface area contributed by atoms with Crippen LogP contribution in [0.2, 0.25) is 0 Å². The van der Waals surface area contributed by atoms with E-state index >= 15 is 0 Å². The van der Waals surface area contributed by atoms with Crippen LogP contribution in [-0.4, -0.2) is 28.0 Å². The highest BCUT2D eigenvalue weighted by Crippen LogP contribution is 2.30. The zero-order valence-corrected chi connectivity index (χ0v) is 14.9. The number of hydrogen-bond donors (Lipinski definition) is 2. The van der Waals surface area contributed by atoms with Crippen molar-refractivity contribution >= 4 is 28.8 Å². The second-order valence-electron chi connectivity index (χ2n) is 7.05. The number of ketones is 1. The first kappa shape index (κ1) is 17.6. The van der Waals surface area contributed by atoms with Gasteiger partial charge in [-0.2, -0.15) is 0 Å². The molecule has 2 aromatic carbocycles. The number of nitrogens with zero attached hydrogens (tertiary/aromatic N) is 1. The SMILES string of the molecule is CC(C)(C)N=C1C(=O)c2ccccc2C(O)=C1C(=O)Nc1ccccc1. The number of anilines is 1. The summed E-state index contributed by atoms with van der Waals surface area (Å²) in [6, 6.07) is 15.5. The number of hydrogen-bond acceptors (Lipinski definition) is 4. The Kier molecular flexibility index (Phi) is 4.47. The van der Waals surface area contributed by atoms with Gasteiger partial charge in [-0.1, -0.05) is 42.5 Å². The molecule has 2 aromatic rings. The third-order valence-electron chi connectivity index (χ3n) is 3.82. The quantitative estimate of drug-likeness (QED) is 0.860. The summed E-state index contributed by atoms with van der Waals surface area (Å²) in [6.07, 6.45) is 0. The molecule has 0 saturated heterocycles. The molecule has 0 spiro atoms. The number of aliphatic imine (C=N–C) groups is 1. The van der Waals surface area contributed by atoms with Crippen molar-refractivity contribution in [1.82, 2.24) is 0 Å². The molecule has 0 unspecified atom stereocenters. The smallest absolute Gasteiger partial charge is 0.261 e. The van der Waals surface area contributed by atoms with Crippen molar-refractivity contribution in [2.24, 2.45) is 4.99 Å². The van der Waals surface area contributed by atoms with E-state index in [-0.39, 0.29) is 22.8 Å². The van der Waals surface area contributed by atoms with E-state index in [1.807, 2.05) is 26.8 Å². The largest absolute Gasteiger partial charge is 0.506 e. The van der Waals surface area contributed by atoms with Gasteiger partial charge in [0.1, 0.15) is 17.0 Å². The molecule has 0 fully saturated rings. The van der Waals surface area contributed by atoms with Crippen LogP contribution >= 0.6 is 0 Å². The first-order chi connectivity index (χ1) is 12.3. The minimum atomic E-state index is -0.587. The van der Waals surface area contributed by atoms with Crippen molar-refractivity contribution in [1.29, 1.82) is 0 Å². The number of amides is 1. The van der Waals surface area contributed by atoms with Gasteiger partial charge >= 0.3 is 0 Å². The molecule has 132 valence electrons. The highest BCUT2D eigenvalue weighted by Gasteiger charge is 2.35. The topological polar surface area (TPSA) is 78.8 Å². The second kappa shape index (κ2) is 6.59. The summed E-state index contributed by atoms with van der Waals surface area (Å²) in [6.45, 7) is 5.49. The molecule has 0 aliphatic heterocycles. The Morgan fingerprint density at radius 1 is 0.962 bits per heavy atom. The number of aliphatic hydroxyl groups is 1. The Hall–Kier alpha value is -3.21. The molecular formula is C21H20N2O3. The maximum absolute atomic E-state index is 13.0. The Labute approximate surface area is 152 Å². The summed E-state index contributed by atoms with van der Waals surface area (Å²) in [7, 11) is 0. The fourth-order valence-electron chi connectivity index (χ4n) is 2.75. The summed E-state index contributed by atoms with van der Waals surface area (Å²) >= 11 is 0. The number of rotatable bonds is 2. The Bertz CT molecular complexity index is 935. The van der Waals surface area contributed by atoms with Gasteiger partial charge < -0.3 is 10.4 Å². The summed E-state index contributed by atoms with van der Waals surface area (Å²) in [5.74, 6) is -1.18. The maximum Gasteiger partial charge on any atom is 0.261 e. The van der Waals surface area contributed by atoms with Crippen LogP contribution in [0.5, 0.6) is 0 Å². The van der Waals surface area contributed by atoms with Crippen LogP contribution in [0.4, 0.5) is 5.69 Å². The highest BCUT2D eigenvalue weighted by atomic mass is 16.3. The third-order valence-corrected chi connectivity index (χ3v) is 3.82. The van der Waals surface area contributed by atoms with Gasteiger partial charge in [-0.3, -0.25) is 14.6 Å². The molecule has 0 atom stereocenters. The predicted octanol–water partition coefficient (Wildman–Crippen LogP) is 4.03. The van der Waals surface area contributed by atoms with Crippen LogP contribution in [0, 0.1) is 0 Å². The van der Waals surface area contributed by atoms with E-state index in [0.717, 1.165) is 0 Å². The molecule has 0 saturated carbocycles. The number of fused-ring (bicyclic) bond motifs is 1. The van der Waals surface area contributed by atoms with E-state index in [1.54, 1.807) is 48.5 Å². The van der Waals surface area contributed by atoms with E-state index in [9.17, 15) is 14.7 Å². The van der Waals surface area contributed by atoms with Gasteiger partial charge in [0.25, 0.3) is 5.91 Å². The Balaban J connectivity index is 2.15. The van der Waals surface area contributed by atoms with Crippen LogP contribution in [-0.2, 0) is 4.79 Å². The molecule has 1 aliphatic carbocycles. The van der Waals surface area contributed by atoms with Gasteiger partial charge in [0.15, 0.2) is 0 Å². The Morgan fingerprint density at radius 3 is 2.15 bits per heavy atom. The monoisotopic (exact) mass is 348 g/mol. The average molecular weight is 348 g/mol. The highest BCUT2D eigenvalue weighted by molar-refractivity contribution is 6.60. The summed E-state index contributed by atoms with van der Waals surface area (Å²) in [5.41, 5.74) is 0.525. The van der Waals surface area contributed by atoms with Gasteiger partial charge in [-0.15, -0.1) is 0 Å². The lowest BCUT2D eigenvalue weighted by molar-refractivity contribution is -0.112. The van der Waals surface area contributed by atoms with Gasteiger partial charge in [-0.05, 0) is 32.9 Å². The number of carbonyl (C=O) groups excluding carboxylic acids is 2. The van der Waals surface area contributed by atoms with Crippen molar-refractivity contribution in [2.45, 2.75) is 26.3 Å². The first-order valence-electron chi connectivity index (χ1n) is 8.32. The number of Topliss-reactive ketones (excluding diaryl/α,β-unsaturated/α-hetero) is 1. The molecule has 1 amide bonds. The summed E-state index contributed by atoms with van der Waals surface area (Å²) in [5, 5.41) is 13.5. The lowest BCUT2D eigenvalue weighted by Gasteiger charge is -2.23. The van der Waals surface area contributed by atoms with Crippen molar-refractivity contribution < 1.29 is 14.7 Å². The summed E-state index contributed by atoms with van der Waals surface area (Å²) in [4.78, 5) is 30.2. The Morgan fingerprint density at radius 2 is 1.54 bits per heavy atom. The number of benzene rings is 2. The maximum atomic E-state index is 13.0. The molecule has 0 aromatic heterocycles. The van der Waals surface area contributed by atoms with Crippen molar-refractivity contribution in [3.05, 3.63) is 71.3 Å². The van der Waals surface area contributed by atoms with Gasteiger partial charge in [0.2, 0.25) is 5.78 Å². The van der Waals surface area contributed by atoms with E-state index in [0.29, 0.717) is 16.8 Å². The lowest BCUT2D eigenvalue weighted by Crippen LogP contribution is -2.33. The zero-order valence-electron chi connectivity index (χ0n) is 14.9.